The van der Waals surface area contributed by atoms with Gasteiger partial charge in [0.1, 0.15) is 6.61 Å². The van der Waals surface area contributed by atoms with E-state index in [0.29, 0.717) is 85.8 Å². The van der Waals surface area contributed by atoms with Gasteiger partial charge in [0.15, 0.2) is 0 Å². The van der Waals surface area contributed by atoms with Crippen LogP contribution in [0.15, 0.2) is 0 Å². The van der Waals surface area contributed by atoms with Gasteiger partial charge in [-0.15, -0.1) is 4.52 Å². The van der Waals surface area contributed by atoms with Crippen molar-refractivity contribution in [1.29, 1.82) is 0 Å². The Balaban J connectivity index is 3.47. The zero-order valence-electron chi connectivity index (χ0n) is 52.8. The summed E-state index contributed by atoms with van der Waals surface area (Å²) in [5, 5.41) is 5.64. The Kier molecular flexibility index (Phi) is 63.1. The minimum atomic E-state index is -4.37. The highest BCUT2D eigenvalue weighted by Crippen LogP contribution is 2.45. The number of hydrogen-bond acceptors (Lipinski definition) is 34. The average molecular weight is 1470 g/mol. The first-order chi connectivity index (χ1) is 44.1. The van der Waals surface area contributed by atoms with Crippen molar-refractivity contribution in [2.24, 2.45) is 11.8 Å². The molecule has 0 aromatic heterocycles. The fourth-order valence-corrected chi connectivity index (χ4v) is 9.83. The molecule has 0 aromatic rings. The van der Waals surface area contributed by atoms with Gasteiger partial charge in [0.25, 0.3) is 0 Å². The van der Waals surface area contributed by atoms with Crippen molar-refractivity contribution in [2.45, 2.75) is 0 Å². The van der Waals surface area contributed by atoms with Gasteiger partial charge in [-0.05, 0) is 18.7 Å². The third-order valence-corrected chi connectivity index (χ3v) is 15.2. The summed E-state index contributed by atoms with van der Waals surface area (Å²) in [4.78, 5) is 59.1. The maximum Gasteiger partial charge on any atom is 0.488 e. The first-order valence-electron chi connectivity index (χ1n) is 29.3. The van der Waals surface area contributed by atoms with Gasteiger partial charge in [0.2, 0.25) is 0 Å². The maximum atomic E-state index is 12.1. The van der Waals surface area contributed by atoms with Gasteiger partial charge in [0.05, 0.1) is 258 Å². The van der Waals surface area contributed by atoms with Crippen molar-refractivity contribution in [3.05, 3.63) is 0 Å². The smallest absolute Gasteiger partial charge is 0.488 e. The molecule has 7 N–H and O–H groups in total. The molecule has 0 saturated heterocycles. The summed E-state index contributed by atoms with van der Waals surface area (Å²) in [5.41, 5.74) is 0. The maximum absolute atomic E-state index is 12.1. The molecule has 0 bridgehead atoms. The van der Waals surface area contributed by atoms with Crippen LogP contribution in [-0.2, 0) is 144 Å². The summed E-state index contributed by atoms with van der Waals surface area (Å²) < 4.78 is 199. The molecule has 45 heteroatoms. The summed E-state index contributed by atoms with van der Waals surface area (Å²) in [5.74, 6) is -0.958. The van der Waals surface area contributed by atoms with E-state index < -0.39 is 59.0 Å². The lowest BCUT2D eigenvalue weighted by molar-refractivity contribution is -0.186. The zero-order valence-corrected chi connectivity index (χ0v) is 58.2. The second kappa shape index (κ2) is 63.1. The predicted molar refractivity (Wildman–Crippen MR) is 319 cm³/mol. The Labute approximate surface area is 539 Å². The molecule has 0 saturated carbocycles. The third-order valence-electron chi connectivity index (χ3n) is 10.3. The lowest BCUT2D eigenvalue weighted by Crippen LogP contribution is -2.26. The molecule has 39 nitrogen and oxygen atoms in total. The van der Waals surface area contributed by atoms with Crippen LogP contribution in [-0.4, -0.2) is 323 Å². The molecule has 0 fully saturated rings. The Morgan fingerprint density at radius 1 is 0.293 bits per heavy atom. The minimum absolute atomic E-state index is 0.00588. The molecule has 8 atom stereocenters. The number of phosphoric ester groups is 4. The lowest BCUT2D eigenvalue weighted by atomic mass is 10.2. The summed E-state index contributed by atoms with van der Waals surface area (Å²) in [6.45, 7) is 6.27. The highest BCUT2D eigenvalue weighted by molar-refractivity contribution is 7.52. The molecular weight excluding hydrogens is 1370 g/mol. The van der Waals surface area contributed by atoms with E-state index in [1.54, 1.807) is 14.1 Å². The quantitative estimate of drug-likeness (QED) is 0.0318. The van der Waals surface area contributed by atoms with Gasteiger partial charge >= 0.3 is 47.1 Å². The number of nitrogens with one attached hydrogen (secondary N) is 2. The van der Waals surface area contributed by atoms with E-state index in [0.717, 1.165) is 6.66 Å². The Bertz CT molecular complexity index is 1930. The molecule has 8 unspecified atom stereocenters. The van der Waals surface area contributed by atoms with Gasteiger partial charge in [-0.2, -0.15) is 0 Å². The zero-order chi connectivity index (χ0) is 68.0. The van der Waals surface area contributed by atoms with Gasteiger partial charge in [0, 0.05) is 31.6 Å². The first-order valence-corrected chi connectivity index (χ1v) is 38.4. The van der Waals surface area contributed by atoms with Crippen LogP contribution in [0.5, 0.6) is 0 Å². The van der Waals surface area contributed by atoms with Crippen LogP contribution in [0.1, 0.15) is 0 Å². The van der Waals surface area contributed by atoms with E-state index in [9.17, 15) is 56.8 Å². The minimum Gasteiger partial charge on any atom is -0.566 e. The topological polar surface area (TPSA) is 481 Å². The summed E-state index contributed by atoms with van der Waals surface area (Å²) in [6.07, 6.45) is 0. The Morgan fingerprint density at radius 2 is 0.457 bits per heavy atom. The SMILES string of the molecule is CNCC(CO[P+](=O)[O-])COP(=O)(O)OCCOCCOCCOCCOCCOCCOP(=O)(O)OCCOCCOCCOCCOCCOCCOP(=O)(O)OCCOCCOCCOCCOCCOCCOP(=O)(O)OCC(CNC)COP(C)(=O)O. The largest absolute Gasteiger partial charge is 0.566 e. The Morgan fingerprint density at radius 3 is 0.630 bits per heavy atom. The molecule has 92 heavy (non-hydrogen) atoms. The fourth-order valence-electron chi connectivity index (χ4n) is 6.08. The van der Waals surface area contributed by atoms with E-state index in [2.05, 4.69) is 15.2 Å². The molecule has 0 amide bonds. The monoisotopic (exact) mass is 1470 g/mol. The summed E-state index contributed by atoms with van der Waals surface area (Å²) >= 11 is 0. The number of phosphoric acid groups is 4. The van der Waals surface area contributed by atoms with Crippen LogP contribution in [0, 0.1) is 11.8 Å². The number of rotatable bonds is 76. The van der Waals surface area contributed by atoms with E-state index in [1.807, 2.05) is 0 Å². The van der Waals surface area contributed by atoms with Crippen LogP contribution in [0.4, 0.5) is 0 Å². The van der Waals surface area contributed by atoms with Gasteiger partial charge in [-0.1, -0.05) is 0 Å². The van der Waals surface area contributed by atoms with Crippen LogP contribution < -0.4 is 15.5 Å². The third kappa shape index (κ3) is 69.8. The van der Waals surface area contributed by atoms with Gasteiger partial charge < -0.3 is 116 Å². The number of hydrogen-bond donors (Lipinski definition) is 7. The summed E-state index contributed by atoms with van der Waals surface area (Å²) in [7, 11) is -20.8. The second-order valence-corrected chi connectivity index (χ2v) is 26.5. The molecule has 0 rings (SSSR count). The molecule has 0 heterocycles. The van der Waals surface area contributed by atoms with Crippen molar-refractivity contribution in [2.75, 3.05) is 298 Å². The fraction of sp³-hybridized carbons (Fsp3) is 1.00. The van der Waals surface area contributed by atoms with Crippen molar-refractivity contribution in [3.63, 3.8) is 0 Å². The van der Waals surface area contributed by atoms with Crippen molar-refractivity contribution >= 4 is 47.1 Å². The van der Waals surface area contributed by atoms with Crippen molar-refractivity contribution in [1.82, 2.24) is 10.6 Å². The first kappa shape index (κ1) is 91.9. The van der Waals surface area contributed by atoms with Crippen molar-refractivity contribution < 1.29 is 173 Å². The molecular formula is C47H102N2O37P6. The molecule has 0 aliphatic heterocycles. The lowest BCUT2D eigenvalue weighted by Gasteiger charge is -2.19. The summed E-state index contributed by atoms with van der Waals surface area (Å²) in [6, 6.07) is 0. The van der Waals surface area contributed by atoms with E-state index in [-0.39, 0.29) is 192 Å². The van der Waals surface area contributed by atoms with E-state index >= 15 is 0 Å². The highest BCUT2D eigenvalue weighted by Gasteiger charge is 2.27. The molecule has 0 radical (unpaired) electrons. The van der Waals surface area contributed by atoms with Crippen molar-refractivity contribution in [3.8, 4) is 0 Å². The van der Waals surface area contributed by atoms with Crippen LogP contribution in [0.3, 0.4) is 0 Å². The molecule has 0 spiro atoms. The molecule has 0 aliphatic rings. The predicted octanol–water partition coefficient (Wildman–Crippen LogP) is 0.307. The normalized spacial score (nSPS) is 16.2. The van der Waals surface area contributed by atoms with E-state index in [4.69, 9.17) is 112 Å². The van der Waals surface area contributed by atoms with Gasteiger partial charge in [-0.3, -0.25) is 40.8 Å². The molecule has 0 aromatic carbocycles. The van der Waals surface area contributed by atoms with Crippen LogP contribution in [0.2, 0.25) is 0 Å². The van der Waals surface area contributed by atoms with Crippen LogP contribution in [0.25, 0.3) is 0 Å². The van der Waals surface area contributed by atoms with Gasteiger partial charge in [-0.25, -0.2) is 18.3 Å². The van der Waals surface area contributed by atoms with E-state index in [1.165, 1.54) is 0 Å². The molecule has 0 aliphatic carbocycles. The second-order valence-electron chi connectivity index (χ2n) is 18.1. The number of ether oxygens (including phenoxy) is 15. The Hall–Kier alpha value is -0.0700. The average Bonchev–Trinajstić information content (AvgIpc) is 3.38. The molecule has 552 valence electrons. The standard InChI is InChI=1S/C47H102N2O37P6/c1-48-40-46(42-77-87(50)51)44-85-91(58,59)82-38-32-75-26-20-69-14-8-63-6-12-67-18-24-73-30-36-80-89(54,55)78-34-28-71-22-16-65-10-4-62-5-11-66-17-23-72-29-35-79-90(56,57)81-37-31-74-25-19-68-13-7-64-9-15-70-21-27-76-33-39-83-92(60,61)86-45-47(41-49-2)43-84-88(3,52)53/h46-49H,4-45H2,1-3H3,(H,52,53)(H,54,55)(H,56,57)(H,58,59)(H,60,61). The highest BCUT2D eigenvalue weighted by atomic mass is 31.2. The van der Waals surface area contributed by atoms with Crippen LogP contribution >= 0.6 is 47.1 Å².